The predicted octanol–water partition coefficient (Wildman–Crippen LogP) is 3.23. The number of rotatable bonds is 7. The van der Waals surface area contributed by atoms with Crippen LogP contribution in [-0.4, -0.2) is 27.3 Å². The fraction of sp³-hybridized carbons (Fsp3) is 0.786. The minimum absolute atomic E-state index is 0.447. The number of hydrogen-bond acceptors (Lipinski definition) is 3. The lowest BCUT2D eigenvalue weighted by molar-refractivity contribution is 0.526. The fourth-order valence-electron chi connectivity index (χ4n) is 2.69. The molecule has 4 heteroatoms. The molecule has 1 aliphatic carbocycles. The van der Waals surface area contributed by atoms with Crippen molar-refractivity contribution < 1.29 is 0 Å². The summed E-state index contributed by atoms with van der Waals surface area (Å²) in [6, 6.07) is 2.61. The minimum Gasteiger partial charge on any atom is -0.308 e. The molecule has 0 saturated heterocycles. The molecule has 1 saturated carbocycles. The highest BCUT2D eigenvalue weighted by molar-refractivity contribution is 7.99. The van der Waals surface area contributed by atoms with Crippen molar-refractivity contribution in [3.05, 3.63) is 18.0 Å². The molecule has 0 amide bonds. The summed E-state index contributed by atoms with van der Waals surface area (Å²) in [4.78, 5) is 0. The summed E-state index contributed by atoms with van der Waals surface area (Å²) in [5, 5.41) is 8.88. The van der Waals surface area contributed by atoms with Gasteiger partial charge in [-0.15, -0.1) is 0 Å². The van der Waals surface area contributed by atoms with Gasteiger partial charge in [0.05, 0.1) is 11.7 Å². The summed E-state index contributed by atoms with van der Waals surface area (Å²) in [6.07, 6.45) is 7.60. The number of aromatic nitrogens is 2. The monoisotopic (exact) mass is 267 g/mol. The molecule has 1 aromatic heterocycles. The third-order valence-electron chi connectivity index (χ3n) is 3.66. The van der Waals surface area contributed by atoms with Gasteiger partial charge in [-0.1, -0.05) is 19.8 Å². The second kappa shape index (κ2) is 7.19. The summed E-state index contributed by atoms with van der Waals surface area (Å²) >= 11 is 2.15. The van der Waals surface area contributed by atoms with Gasteiger partial charge in [0.15, 0.2) is 0 Å². The van der Waals surface area contributed by atoms with Crippen LogP contribution in [0.2, 0.25) is 0 Å². The Morgan fingerprint density at radius 2 is 2.22 bits per heavy atom. The maximum absolute atomic E-state index is 4.39. The largest absolute Gasteiger partial charge is 0.308 e. The Bertz CT molecular complexity index is 345. The Morgan fingerprint density at radius 1 is 1.44 bits per heavy atom. The Kier molecular flexibility index (Phi) is 5.57. The zero-order valence-corrected chi connectivity index (χ0v) is 12.4. The summed E-state index contributed by atoms with van der Waals surface area (Å²) in [5.74, 6) is 1.17. The van der Waals surface area contributed by atoms with Gasteiger partial charge in [-0.3, -0.25) is 4.68 Å². The average molecular weight is 267 g/mol. The van der Waals surface area contributed by atoms with Gasteiger partial charge in [0.2, 0.25) is 0 Å². The second-order valence-corrected chi connectivity index (χ2v) is 6.26. The van der Waals surface area contributed by atoms with Crippen LogP contribution >= 0.6 is 11.8 Å². The summed E-state index contributed by atoms with van der Waals surface area (Å²) < 4.78 is 2.11. The van der Waals surface area contributed by atoms with Crippen molar-refractivity contribution in [1.29, 1.82) is 0 Å². The molecular weight excluding hydrogens is 242 g/mol. The molecule has 1 fully saturated rings. The van der Waals surface area contributed by atoms with Crippen molar-refractivity contribution in [2.24, 2.45) is 0 Å². The van der Waals surface area contributed by atoms with E-state index in [1.165, 1.54) is 37.1 Å². The van der Waals surface area contributed by atoms with Crippen molar-refractivity contribution in [2.75, 3.05) is 12.3 Å². The lowest BCUT2D eigenvalue weighted by Gasteiger charge is -2.20. The van der Waals surface area contributed by atoms with E-state index in [2.05, 4.69) is 46.8 Å². The molecule has 0 radical (unpaired) electrons. The van der Waals surface area contributed by atoms with Crippen molar-refractivity contribution in [3.63, 3.8) is 0 Å². The lowest BCUT2D eigenvalue weighted by atomic mass is 10.2. The van der Waals surface area contributed by atoms with Crippen molar-refractivity contribution in [2.45, 2.75) is 57.4 Å². The van der Waals surface area contributed by atoms with Gasteiger partial charge in [-0.25, -0.2) is 0 Å². The van der Waals surface area contributed by atoms with Gasteiger partial charge >= 0.3 is 0 Å². The highest BCUT2D eigenvalue weighted by Gasteiger charge is 2.20. The average Bonchev–Trinajstić information content (AvgIpc) is 3.04. The Labute approximate surface area is 115 Å². The van der Waals surface area contributed by atoms with Crippen LogP contribution in [0, 0.1) is 0 Å². The van der Waals surface area contributed by atoms with E-state index in [4.69, 9.17) is 0 Å². The number of nitrogens with one attached hydrogen (secondary N) is 1. The fourth-order valence-corrected chi connectivity index (χ4v) is 4.11. The quantitative estimate of drug-likeness (QED) is 0.822. The Morgan fingerprint density at radius 3 is 2.89 bits per heavy atom. The van der Waals surface area contributed by atoms with Crippen LogP contribution in [0.4, 0.5) is 0 Å². The van der Waals surface area contributed by atoms with Crippen LogP contribution in [0.15, 0.2) is 12.3 Å². The normalized spacial score (nSPS) is 18.3. The lowest BCUT2D eigenvalue weighted by Crippen LogP contribution is -2.26. The first-order chi connectivity index (χ1) is 8.85. The van der Waals surface area contributed by atoms with Crippen LogP contribution in [0.25, 0.3) is 0 Å². The zero-order valence-electron chi connectivity index (χ0n) is 11.6. The number of thioether (sulfide) groups is 1. The molecule has 1 N–H and O–H groups in total. The van der Waals surface area contributed by atoms with Crippen molar-refractivity contribution >= 4 is 11.8 Å². The Hall–Kier alpha value is -0.480. The molecule has 1 aromatic rings. The topological polar surface area (TPSA) is 29.9 Å². The molecule has 1 heterocycles. The van der Waals surface area contributed by atoms with E-state index in [0.717, 1.165) is 18.3 Å². The van der Waals surface area contributed by atoms with Gasteiger partial charge in [-0.05, 0) is 32.4 Å². The van der Waals surface area contributed by atoms with Crippen molar-refractivity contribution in [3.8, 4) is 0 Å². The van der Waals surface area contributed by atoms with E-state index in [1.807, 2.05) is 6.20 Å². The standard InChI is InChI=1S/C14H25N3S/c1-3-15-13(11-18-12-7-5-6-8-12)14-9-10-16-17(14)4-2/h9-10,12-13,15H,3-8,11H2,1-2H3. The van der Waals surface area contributed by atoms with Crippen LogP contribution in [0.1, 0.15) is 51.3 Å². The first-order valence-corrected chi connectivity index (χ1v) is 8.26. The van der Waals surface area contributed by atoms with Gasteiger partial charge in [-0.2, -0.15) is 16.9 Å². The van der Waals surface area contributed by atoms with Crippen LogP contribution in [-0.2, 0) is 6.54 Å². The first kappa shape index (κ1) is 13.9. The molecule has 3 nitrogen and oxygen atoms in total. The maximum Gasteiger partial charge on any atom is 0.0583 e. The first-order valence-electron chi connectivity index (χ1n) is 7.21. The van der Waals surface area contributed by atoms with E-state index in [-0.39, 0.29) is 0 Å². The van der Waals surface area contributed by atoms with E-state index < -0.39 is 0 Å². The smallest absolute Gasteiger partial charge is 0.0583 e. The van der Waals surface area contributed by atoms with Crippen LogP contribution in [0.5, 0.6) is 0 Å². The van der Waals surface area contributed by atoms with E-state index >= 15 is 0 Å². The van der Waals surface area contributed by atoms with Gasteiger partial charge in [0, 0.05) is 23.7 Å². The predicted molar refractivity (Wildman–Crippen MR) is 79.0 cm³/mol. The molecule has 102 valence electrons. The van der Waals surface area contributed by atoms with Crippen LogP contribution < -0.4 is 5.32 Å². The molecule has 0 aromatic carbocycles. The molecule has 0 bridgehead atoms. The number of hydrogen-bond donors (Lipinski definition) is 1. The number of nitrogens with zero attached hydrogens (tertiary/aromatic N) is 2. The highest BCUT2D eigenvalue weighted by Crippen LogP contribution is 2.32. The summed E-state index contributed by atoms with van der Waals surface area (Å²) in [7, 11) is 0. The summed E-state index contributed by atoms with van der Waals surface area (Å²) in [5.41, 5.74) is 1.34. The molecular formula is C14H25N3S. The Balaban J connectivity index is 1.94. The third kappa shape index (κ3) is 3.51. The van der Waals surface area contributed by atoms with Gasteiger partial charge in [0.1, 0.15) is 0 Å². The molecule has 1 unspecified atom stereocenters. The highest BCUT2D eigenvalue weighted by atomic mass is 32.2. The molecule has 2 rings (SSSR count). The molecule has 1 aliphatic rings. The summed E-state index contributed by atoms with van der Waals surface area (Å²) in [6.45, 7) is 6.31. The third-order valence-corrected chi connectivity index (χ3v) is 5.13. The molecule has 0 aliphatic heterocycles. The van der Waals surface area contributed by atoms with Crippen molar-refractivity contribution in [1.82, 2.24) is 15.1 Å². The second-order valence-electron chi connectivity index (χ2n) is 4.92. The van der Waals surface area contributed by atoms with E-state index in [0.29, 0.717) is 6.04 Å². The van der Waals surface area contributed by atoms with Gasteiger partial charge < -0.3 is 5.32 Å². The molecule has 18 heavy (non-hydrogen) atoms. The molecule has 0 spiro atoms. The molecule has 1 atom stereocenters. The SMILES string of the molecule is CCNC(CSC1CCCC1)c1ccnn1CC. The van der Waals surface area contributed by atoms with Gasteiger partial charge in [0.25, 0.3) is 0 Å². The maximum atomic E-state index is 4.39. The zero-order chi connectivity index (χ0) is 12.8. The van der Waals surface area contributed by atoms with Crippen LogP contribution in [0.3, 0.4) is 0 Å². The minimum atomic E-state index is 0.447. The van der Waals surface area contributed by atoms with E-state index in [9.17, 15) is 0 Å². The number of aryl methyl sites for hydroxylation is 1. The van der Waals surface area contributed by atoms with E-state index in [1.54, 1.807) is 0 Å².